The third-order valence-corrected chi connectivity index (χ3v) is 5.63. The van der Waals surface area contributed by atoms with Gasteiger partial charge in [0, 0.05) is 6.54 Å². The summed E-state index contributed by atoms with van der Waals surface area (Å²) >= 11 is 0. The first-order valence-electron chi connectivity index (χ1n) is 11.0. The van der Waals surface area contributed by atoms with Crippen LogP contribution in [0.1, 0.15) is 31.7 Å². The standard InChI is InChI=1S/C22H31N5O8/c1-11(28)18(20(32)25-15(22(34)35)10-17(24)30)26-19(31)16-3-2-8-27(16)21(33)14(23)9-12-4-6-13(29)7-5-12/h4-7,11,14-16,18,28-29H,2-3,8-10,23H2,1H3,(H2,24,30)(H,25,32)(H,26,31)(H,34,35). The minimum atomic E-state index is -1.64. The van der Waals surface area contributed by atoms with Gasteiger partial charge in [-0.05, 0) is 43.9 Å². The van der Waals surface area contributed by atoms with Crippen molar-refractivity contribution in [3.05, 3.63) is 29.8 Å². The van der Waals surface area contributed by atoms with Crippen LogP contribution in [0.25, 0.3) is 0 Å². The van der Waals surface area contributed by atoms with E-state index in [1.807, 2.05) is 0 Å². The van der Waals surface area contributed by atoms with E-state index >= 15 is 0 Å². The zero-order valence-electron chi connectivity index (χ0n) is 19.2. The summed E-state index contributed by atoms with van der Waals surface area (Å²) in [6, 6.07) is 1.13. The highest BCUT2D eigenvalue weighted by atomic mass is 16.4. The molecule has 9 N–H and O–H groups in total. The zero-order chi connectivity index (χ0) is 26.3. The fraction of sp³-hybridized carbons (Fsp3) is 0.500. The summed E-state index contributed by atoms with van der Waals surface area (Å²) in [5.74, 6) is -4.60. The van der Waals surface area contributed by atoms with E-state index in [2.05, 4.69) is 10.6 Å². The molecule has 1 aromatic carbocycles. The van der Waals surface area contributed by atoms with Crippen molar-refractivity contribution in [3.63, 3.8) is 0 Å². The molecule has 1 aromatic rings. The van der Waals surface area contributed by atoms with Crippen LogP contribution in [0.4, 0.5) is 0 Å². The SMILES string of the molecule is CC(O)C(NC(=O)C1CCCN1C(=O)C(N)Cc1ccc(O)cc1)C(=O)NC(CC(N)=O)C(=O)O. The largest absolute Gasteiger partial charge is 0.508 e. The van der Waals surface area contributed by atoms with E-state index in [-0.39, 0.29) is 18.7 Å². The second-order valence-corrected chi connectivity index (χ2v) is 8.46. The Kier molecular flexibility index (Phi) is 9.54. The number of likely N-dealkylation sites (tertiary alicyclic amines) is 1. The molecule has 1 saturated heterocycles. The van der Waals surface area contributed by atoms with Crippen LogP contribution in [0, 0.1) is 0 Å². The van der Waals surface area contributed by atoms with E-state index < -0.39 is 66.3 Å². The van der Waals surface area contributed by atoms with Gasteiger partial charge in [-0.1, -0.05) is 12.1 Å². The third-order valence-electron chi connectivity index (χ3n) is 5.63. The van der Waals surface area contributed by atoms with Crippen LogP contribution < -0.4 is 22.1 Å². The Balaban J connectivity index is 2.06. The number of carboxylic acid groups (broad SMARTS) is 1. The van der Waals surface area contributed by atoms with Gasteiger partial charge >= 0.3 is 5.97 Å². The van der Waals surface area contributed by atoms with Gasteiger partial charge in [0.05, 0.1) is 18.6 Å². The summed E-state index contributed by atoms with van der Waals surface area (Å²) < 4.78 is 0. The third kappa shape index (κ3) is 7.65. The lowest BCUT2D eigenvalue weighted by Gasteiger charge is -2.29. The van der Waals surface area contributed by atoms with E-state index in [0.717, 1.165) is 5.56 Å². The summed E-state index contributed by atoms with van der Waals surface area (Å²) in [4.78, 5) is 62.1. The number of hydrogen-bond donors (Lipinski definition) is 7. The van der Waals surface area contributed by atoms with Gasteiger partial charge in [0.2, 0.25) is 23.6 Å². The predicted octanol–water partition coefficient (Wildman–Crippen LogP) is -2.44. The smallest absolute Gasteiger partial charge is 0.326 e. The molecule has 13 nitrogen and oxygen atoms in total. The van der Waals surface area contributed by atoms with Crippen LogP contribution >= 0.6 is 0 Å². The number of rotatable bonds is 11. The van der Waals surface area contributed by atoms with Crippen molar-refractivity contribution in [1.82, 2.24) is 15.5 Å². The monoisotopic (exact) mass is 493 g/mol. The Morgan fingerprint density at radius 3 is 2.31 bits per heavy atom. The highest BCUT2D eigenvalue weighted by molar-refractivity contribution is 5.95. The summed E-state index contributed by atoms with van der Waals surface area (Å²) in [5, 5.41) is 33.0. The highest BCUT2D eigenvalue weighted by Gasteiger charge is 2.39. The number of phenolic OH excluding ortho intramolecular Hbond substituents is 1. The van der Waals surface area contributed by atoms with Gasteiger partial charge in [-0.3, -0.25) is 19.2 Å². The number of aliphatic hydroxyl groups excluding tert-OH is 1. The van der Waals surface area contributed by atoms with Crippen LogP contribution in [0.2, 0.25) is 0 Å². The fourth-order valence-electron chi connectivity index (χ4n) is 3.81. The Morgan fingerprint density at radius 1 is 1.14 bits per heavy atom. The Morgan fingerprint density at radius 2 is 1.77 bits per heavy atom. The van der Waals surface area contributed by atoms with Crippen molar-refractivity contribution in [2.45, 2.75) is 62.9 Å². The van der Waals surface area contributed by atoms with Gasteiger partial charge in [-0.25, -0.2) is 4.79 Å². The minimum Gasteiger partial charge on any atom is -0.508 e. The molecule has 1 aliphatic rings. The molecule has 0 aliphatic carbocycles. The van der Waals surface area contributed by atoms with Gasteiger partial charge in [0.1, 0.15) is 23.9 Å². The second kappa shape index (κ2) is 12.1. The quantitative estimate of drug-likeness (QED) is 0.174. The van der Waals surface area contributed by atoms with Gasteiger partial charge in [0.25, 0.3) is 0 Å². The molecule has 1 heterocycles. The molecule has 4 amide bonds. The number of primary amides is 1. The Bertz CT molecular complexity index is 952. The van der Waals surface area contributed by atoms with Gasteiger partial charge < -0.3 is 42.3 Å². The van der Waals surface area contributed by atoms with Crippen molar-refractivity contribution in [3.8, 4) is 5.75 Å². The molecule has 0 saturated carbocycles. The first-order valence-corrected chi connectivity index (χ1v) is 11.0. The molecule has 0 spiro atoms. The average Bonchev–Trinajstić information content (AvgIpc) is 3.27. The fourth-order valence-corrected chi connectivity index (χ4v) is 3.81. The molecule has 0 radical (unpaired) electrons. The maximum atomic E-state index is 12.9. The molecule has 13 heteroatoms. The van der Waals surface area contributed by atoms with Crippen LogP contribution in [0.3, 0.4) is 0 Å². The molecule has 1 fully saturated rings. The maximum Gasteiger partial charge on any atom is 0.326 e. The van der Waals surface area contributed by atoms with E-state index in [0.29, 0.717) is 12.8 Å². The van der Waals surface area contributed by atoms with Crippen molar-refractivity contribution >= 4 is 29.6 Å². The number of nitrogens with zero attached hydrogens (tertiary/aromatic N) is 1. The average molecular weight is 494 g/mol. The van der Waals surface area contributed by atoms with Gasteiger partial charge in [-0.15, -0.1) is 0 Å². The number of aromatic hydroxyl groups is 1. The highest BCUT2D eigenvalue weighted by Crippen LogP contribution is 2.20. The molecule has 0 bridgehead atoms. The van der Waals surface area contributed by atoms with Crippen LogP contribution in [-0.2, 0) is 30.4 Å². The number of carbonyl (C=O) groups excluding carboxylic acids is 4. The number of nitrogens with one attached hydrogen (secondary N) is 2. The van der Waals surface area contributed by atoms with Crippen LogP contribution in [0.15, 0.2) is 24.3 Å². The number of aliphatic hydroxyl groups is 1. The number of hydrogen-bond acceptors (Lipinski definition) is 8. The maximum absolute atomic E-state index is 12.9. The summed E-state index contributed by atoms with van der Waals surface area (Å²) in [5.41, 5.74) is 11.8. The molecule has 0 aromatic heterocycles. The van der Waals surface area contributed by atoms with Gasteiger partial charge in [0.15, 0.2) is 0 Å². The number of carbonyl (C=O) groups is 5. The van der Waals surface area contributed by atoms with Crippen molar-refractivity contribution in [2.24, 2.45) is 11.5 Å². The lowest BCUT2D eigenvalue weighted by atomic mass is 10.0. The Hall–Kier alpha value is -3.71. The number of aliphatic carboxylic acids is 1. The van der Waals surface area contributed by atoms with E-state index in [9.17, 15) is 39.3 Å². The lowest BCUT2D eigenvalue weighted by molar-refractivity contribution is -0.145. The van der Waals surface area contributed by atoms with Crippen molar-refractivity contribution in [2.75, 3.05) is 6.54 Å². The van der Waals surface area contributed by atoms with Crippen molar-refractivity contribution < 1.29 is 39.3 Å². The van der Waals surface area contributed by atoms with E-state index in [1.165, 1.54) is 24.0 Å². The minimum absolute atomic E-state index is 0.0749. The number of nitrogens with two attached hydrogens (primary N) is 2. The molecule has 2 rings (SSSR count). The topological polar surface area (TPSA) is 225 Å². The zero-order valence-corrected chi connectivity index (χ0v) is 19.2. The second-order valence-electron chi connectivity index (χ2n) is 8.46. The number of carboxylic acids is 1. The molecule has 5 unspecified atom stereocenters. The molecular weight excluding hydrogens is 462 g/mol. The molecule has 192 valence electrons. The molecule has 1 aliphatic heterocycles. The summed E-state index contributed by atoms with van der Waals surface area (Å²) in [6.07, 6.45) is -1.09. The predicted molar refractivity (Wildman–Crippen MR) is 122 cm³/mol. The lowest BCUT2D eigenvalue weighted by Crippen LogP contribution is -2.59. The van der Waals surface area contributed by atoms with Crippen LogP contribution in [-0.4, -0.2) is 86.6 Å². The Labute approximate surface area is 201 Å². The number of benzene rings is 1. The summed E-state index contributed by atoms with van der Waals surface area (Å²) in [6.45, 7) is 1.49. The van der Waals surface area contributed by atoms with E-state index in [1.54, 1.807) is 12.1 Å². The molecule has 35 heavy (non-hydrogen) atoms. The molecule has 5 atom stereocenters. The summed E-state index contributed by atoms with van der Waals surface area (Å²) in [7, 11) is 0. The van der Waals surface area contributed by atoms with Crippen LogP contribution in [0.5, 0.6) is 5.75 Å². The number of amides is 4. The number of phenols is 1. The van der Waals surface area contributed by atoms with Crippen molar-refractivity contribution in [1.29, 1.82) is 0 Å². The first-order chi connectivity index (χ1) is 16.4. The first kappa shape index (κ1) is 27.5. The van der Waals surface area contributed by atoms with E-state index in [4.69, 9.17) is 11.5 Å². The molecular formula is C22H31N5O8. The van der Waals surface area contributed by atoms with Gasteiger partial charge in [-0.2, -0.15) is 0 Å². The normalized spacial score (nSPS) is 18.7.